The minimum Gasteiger partial charge on any atom is -0.355 e. The van der Waals surface area contributed by atoms with E-state index in [1.54, 1.807) is 0 Å². The Labute approximate surface area is 163 Å². The van der Waals surface area contributed by atoms with Gasteiger partial charge < -0.3 is 10.6 Å². The maximum absolute atomic E-state index is 4.33. The normalized spacial score (nSPS) is 18.8. The largest absolute Gasteiger partial charge is 0.355 e. The Hall–Kier alpha value is -0.890. The van der Waals surface area contributed by atoms with Crippen molar-refractivity contribution in [1.29, 1.82) is 0 Å². The summed E-state index contributed by atoms with van der Waals surface area (Å²) >= 11 is 0. The summed E-state index contributed by atoms with van der Waals surface area (Å²) in [6.07, 6.45) is 8.35. The van der Waals surface area contributed by atoms with Crippen LogP contribution in [0.3, 0.4) is 0 Å². The van der Waals surface area contributed by atoms with E-state index in [1.165, 1.54) is 45.2 Å². The average Bonchev–Trinajstić information content (AvgIpc) is 2.61. The third-order valence-electron chi connectivity index (χ3n) is 4.44. The van der Waals surface area contributed by atoms with Crippen molar-refractivity contribution < 1.29 is 0 Å². The van der Waals surface area contributed by atoms with E-state index in [0.29, 0.717) is 12.6 Å². The van der Waals surface area contributed by atoms with Crippen LogP contribution in [-0.4, -0.2) is 48.6 Å². The fraction of sp³-hybridized carbons (Fsp3) is 0.667. The third kappa shape index (κ3) is 7.34. The van der Waals surface area contributed by atoms with Gasteiger partial charge in [-0.25, -0.2) is 0 Å². The van der Waals surface area contributed by atoms with Gasteiger partial charge >= 0.3 is 0 Å². The molecule has 6 heteroatoms. The van der Waals surface area contributed by atoms with Crippen molar-refractivity contribution in [2.45, 2.75) is 51.6 Å². The van der Waals surface area contributed by atoms with Crippen molar-refractivity contribution in [3.63, 3.8) is 0 Å². The van der Waals surface area contributed by atoms with E-state index in [1.807, 2.05) is 31.4 Å². The van der Waals surface area contributed by atoms with Gasteiger partial charge in [0.1, 0.15) is 0 Å². The summed E-state index contributed by atoms with van der Waals surface area (Å²) in [6.45, 7) is 6.39. The van der Waals surface area contributed by atoms with E-state index in [2.05, 4.69) is 32.4 Å². The van der Waals surface area contributed by atoms with Crippen molar-refractivity contribution in [2.75, 3.05) is 26.7 Å². The van der Waals surface area contributed by atoms with Gasteiger partial charge in [-0.15, -0.1) is 24.0 Å². The second kappa shape index (κ2) is 12.5. The summed E-state index contributed by atoms with van der Waals surface area (Å²) in [4.78, 5) is 11.3. The number of nitrogens with one attached hydrogen (secondary N) is 2. The van der Waals surface area contributed by atoms with Crippen molar-refractivity contribution in [1.82, 2.24) is 20.5 Å². The lowest BCUT2D eigenvalue weighted by molar-refractivity contribution is 0.147. The summed E-state index contributed by atoms with van der Waals surface area (Å²) in [5.74, 6) is 0.858. The molecule has 24 heavy (non-hydrogen) atoms. The van der Waals surface area contributed by atoms with E-state index < -0.39 is 0 Å². The van der Waals surface area contributed by atoms with Crippen molar-refractivity contribution in [2.24, 2.45) is 4.99 Å². The van der Waals surface area contributed by atoms with Gasteiger partial charge in [-0.3, -0.25) is 14.9 Å². The van der Waals surface area contributed by atoms with Crippen LogP contribution in [0.4, 0.5) is 0 Å². The molecule has 2 heterocycles. The van der Waals surface area contributed by atoms with Crippen molar-refractivity contribution in [3.05, 3.63) is 30.1 Å². The van der Waals surface area contributed by atoms with Gasteiger partial charge in [0, 0.05) is 25.8 Å². The highest BCUT2D eigenvalue weighted by molar-refractivity contribution is 14.0. The summed E-state index contributed by atoms with van der Waals surface area (Å²) in [5, 5.41) is 6.83. The number of rotatable bonds is 7. The standard InChI is InChI=1S/C18H31N5.HI/c1-3-4-12-23-13-8-6-10-17(23)15-22-18(19-2)21-14-16-9-5-7-11-20-16;/h5,7,9,11,17H,3-4,6,8,10,12-15H2,1-2H3,(H2,19,21,22);1H. The fourth-order valence-corrected chi connectivity index (χ4v) is 3.06. The number of likely N-dealkylation sites (tertiary alicyclic amines) is 1. The Morgan fingerprint density at radius 1 is 1.33 bits per heavy atom. The number of guanidine groups is 1. The summed E-state index contributed by atoms with van der Waals surface area (Å²) < 4.78 is 0. The number of piperidine rings is 1. The number of hydrogen-bond acceptors (Lipinski definition) is 3. The van der Waals surface area contributed by atoms with Gasteiger partial charge in [0.25, 0.3) is 0 Å². The number of nitrogens with zero attached hydrogens (tertiary/aromatic N) is 3. The molecule has 0 amide bonds. The van der Waals surface area contributed by atoms with Crippen LogP contribution >= 0.6 is 24.0 Å². The molecule has 2 N–H and O–H groups in total. The molecule has 0 aliphatic carbocycles. The summed E-state index contributed by atoms with van der Waals surface area (Å²) in [6, 6.07) is 6.59. The third-order valence-corrected chi connectivity index (χ3v) is 4.44. The molecule has 0 saturated carbocycles. The van der Waals surface area contributed by atoms with Crippen LogP contribution in [0.1, 0.15) is 44.7 Å². The molecule has 1 unspecified atom stereocenters. The van der Waals surface area contributed by atoms with Gasteiger partial charge in [-0.05, 0) is 44.5 Å². The second-order valence-electron chi connectivity index (χ2n) is 6.17. The lowest BCUT2D eigenvalue weighted by Crippen LogP contribution is -2.49. The summed E-state index contributed by atoms with van der Waals surface area (Å²) in [5.41, 5.74) is 1.03. The Balaban J connectivity index is 0.00000288. The molecule has 0 spiro atoms. The van der Waals surface area contributed by atoms with Crippen LogP contribution in [0.2, 0.25) is 0 Å². The molecule has 1 saturated heterocycles. The van der Waals surface area contributed by atoms with E-state index >= 15 is 0 Å². The zero-order chi connectivity index (χ0) is 16.3. The maximum Gasteiger partial charge on any atom is 0.191 e. The highest BCUT2D eigenvalue weighted by atomic mass is 127. The molecule has 1 aromatic heterocycles. The number of pyridine rings is 1. The molecule has 136 valence electrons. The highest BCUT2D eigenvalue weighted by Gasteiger charge is 2.21. The van der Waals surface area contributed by atoms with E-state index in [9.17, 15) is 0 Å². The minimum absolute atomic E-state index is 0. The number of hydrogen-bond donors (Lipinski definition) is 2. The molecular formula is C18H32IN5. The first-order chi connectivity index (χ1) is 11.3. The molecule has 1 atom stereocenters. The van der Waals surface area contributed by atoms with E-state index in [4.69, 9.17) is 0 Å². The Bertz CT molecular complexity index is 466. The van der Waals surface area contributed by atoms with Crippen LogP contribution in [0.25, 0.3) is 0 Å². The van der Waals surface area contributed by atoms with Crippen LogP contribution < -0.4 is 10.6 Å². The number of unbranched alkanes of at least 4 members (excludes halogenated alkanes) is 1. The predicted octanol–water partition coefficient (Wildman–Crippen LogP) is 3.02. The first-order valence-corrected chi connectivity index (χ1v) is 8.92. The molecule has 2 rings (SSSR count). The lowest BCUT2D eigenvalue weighted by Gasteiger charge is -2.36. The van der Waals surface area contributed by atoms with Crippen molar-refractivity contribution >= 4 is 29.9 Å². The van der Waals surface area contributed by atoms with Gasteiger partial charge in [0.05, 0.1) is 12.2 Å². The Kier molecular flexibility index (Phi) is 11.0. The van der Waals surface area contributed by atoms with Gasteiger partial charge in [-0.1, -0.05) is 25.8 Å². The van der Waals surface area contributed by atoms with Crippen LogP contribution in [0, 0.1) is 0 Å². The quantitative estimate of drug-likeness (QED) is 0.385. The van der Waals surface area contributed by atoms with Crippen LogP contribution in [0.15, 0.2) is 29.4 Å². The monoisotopic (exact) mass is 445 g/mol. The Morgan fingerprint density at radius 3 is 2.92 bits per heavy atom. The van der Waals surface area contributed by atoms with Gasteiger partial charge in [-0.2, -0.15) is 0 Å². The fourth-order valence-electron chi connectivity index (χ4n) is 3.06. The second-order valence-corrected chi connectivity index (χ2v) is 6.17. The molecule has 1 fully saturated rings. The molecule has 5 nitrogen and oxygen atoms in total. The van der Waals surface area contributed by atoms with Crippen molar-refractivity contribution in [3.8, 4) is 0 Å². The maximum atomic E-state index is 4.33. The van der Waals surface area contributed by atoms with Crippen LogP contribution in [-0.2, 0) is 6.54 Å². The molecule has 0 bridgehead atoms. The molecule has 1 aliphatic heterocycles. The first-order valence-electron chi connectivity index (χ1n) is 8.92. The summed E-state index contributed by atoms with van der Waals surface area (Å²) in [7, 11) is 1.82. The molecule has 1 aliphatic rings. The topological polar surface area (TPSA) is 52.5 Å². The smallest absolute Gasteiger partial charge is 0.191 e. The molecular weight excluding hydrogens is 413 g/mol. The number of halogens is 1. The molecule has 1 aromatic rings. The van der Waals surface area contributed by atoms with E-state index in [-0.39, 0.29) is 24.0 Å². The molecule has 0 aromatic carbocycles. The predicted molar refractivity (Wildman–Crippen MR) is 112 cm³/mol. The van der Waals surface area contributed by atoms with Gasteiger partial charge in [0.2, 0.25) is 0 Å². The Morgan fingerprint density at radius 2 is 2.21 bits per heavy atom. The van der Waals surface area contributed by atoms with E-state index in [0.717, 1.165) is 18.2 Å². The first kappa shape index (κ1) is 21.2. The average molecular weight is 445 g/mol. The zero-order valence-electron chi connectivity index (χ0n) is 15.0. The zero-order valence-corrected chi connectivity index (χ0v) is 17.3. The number of aromatic nitrogens is 1. The SMILES string of the molecule is CCCCN1CCCCC1CNC(=NC)NCc1ccccn1.I. The lowest BCUT2D eigenvalue weighted by atomic mass is 10.0. The molecule has 0 radical (unpaired) electrons. The highest BCUT2D eigenvalue weighted by Crippen LogP contribution is 2.16. The van der Waals surface area contributed by atoms with Crippen LogP contribution in [0.5, 0.6) is 0 Å². The van der Waals surface area contributed by atoms with Gasteiger partial charge in [0.15, 0.2) is 5.96 Å². The number of aliphatic imine (C=N–C) groups is 1. The minimum atomic E-state index is 0.